The number of rotatable bonds is 7. The summed E-state index contributed by atoms with van der Waals surface area (Å²) in [6, 6.07) is 32.2. The van der Waals surface area contributed by atoms with E-state index < -0.39 is 11.9 Å². The van der Waals surface area contributed by atoms with Gasteiger partial charge < -0.3 is 14.6 Å². The molecule has 0 bridgehead atoms. The molecule has 0 amide bonds. The molecule has 5 rings (SSSR count). The molecular weight excluding hydrogens is 436 g/mol. The normalized spacial score (nSPS) is 18.6. The molecule has 1 aliphatic rings. The first-order valence-corrected chi connectivity index (χ1v) is 11.8. The summed E-state index contributed by atoms with van der Waals surface area (Å²) in [6.07, 6.45) is 0.748. The molecule has 3 unspecified atom stereocenters. The first-order valence-electron chi connectivity index (χ1n) is 11.8. The lowest BCUT2D eigenvalue weighted by atomic mass is 9.79. The van der Waals surface area contributed by atoms with E-state index in [1.165, 1.54) is 5.56 Å². The summed E-state index contributed by atoms with van der Waals surface area (Å²) in [5.41, 5.74) is 6.53. The van der Waals surface area contributed by atoms with Crippen molar-refractivity contribution in [2.75, 3.05) is 14.2 Å². The van der Waals surface area contributed by atoms with E-state index in [1.807, 2.05) is 66.7 Å². The van der Waals surface area contributed by atoms with Gasteiger partial charge in [-0.3, -0.25) is 4.79 Å². The second-order valence-corrected chi connectivity index (χ2v) is 8.95. The number of fused-ring (bicyclic) bond motifs is 1. The topological polar surface area (TPSA) is 55.8 Å². The van der Waals surface area contributed by atoms with Crippen molar-refractivity contribution >= 4 is 5.97 Å². The van der Waals surface area contributed by atoms with Gasteiger partial charge in [-0.15, -0.1) is 0 Å². The minimum atomic E-state index is -0.798. The number of carboxylic acid groups (broad SMARTS) is 1. The van der Waals surface area contributed by atoms with E-state index in [-0.39, 0.29) is 11.8 Å². The molecule has 3 atom stereocenters. The molecule has 1 aliphatic carbocycles. The summed E-state index contributed by atoms with van der Waals surface area (Å²) in [5.74, 6) is -0.472. The Bertz CT molecular complexity index is 1310. The number of ether oxygens (including phenoxy) is 2. The highest BCUT2D eigenvalue weighted by Gasteiger charge is 2.47. The van der Waals surface area contributed by atoms with Crippen LogP contribution in [0.1, 0.15) is 45.2 Å². The molecule has 4 heteroatoms. The van der Waals surface area contributed by atoms with Gasteiger partial charge in [0.25, 0.3) is 0 Å². The predicted molar refractivity (Wildman–Crippen MR) is 136 cm³/mol. The van der Waals surface area contributed by atoms with Crippen LogP contribution in [0.5, 0.6) is 11.5 Å². The maximum Gasteiger partial charge on any atom is 0.308 e. The third kappa shape index (κ3) is 4.28. The lowest BCUT2D eigenvalue weighted by Crippen LogP contribution is -2.24. The Hall–Kier alpha value is -4.05. The van der Waals surface area contributed by atoms with Crippen LogP contribution in [0.15, 0.2) is 97.1 Å². The Morgan fingerprint density at radius 1 is 0.714 bits per heavy atom. The number of aliphatic carboxylic acids is 1. The minimum absolute atomic E-state index is 0.267. The van der Waals surface area contributed by atoms with E-state index in [1.54, 1.807) is 14.2 Å². The monoisotopic (exact) mass is 464 g/mol. The van der Waals surface area contributed by atoms with Gasteiger partial charge in [0.1, 0.15) is 11.5 Å². The maximum atomic E-state index is 12.9. The number of hydrogen-bond donors (Lipinski definition) is 1. The predicted octanol–water partition coefficient (Wildman–Crippen LogP) is 6.27. The van der Waals surface area contributed by atoms with Crippen LogP contribution < -0.4 is 9.47 Å². The fourth-order valence-electron chi connectivity index (χ4n) is 5.49. The summed E-state index contributed by atoms with van der Waals surface area (Å²) in [5, 5.41) is 10.6. The molecule has 0 fully saturated rings. The third-order valence-electron chi connectivity index (χ3n) is 7.07. The maximum absolute atomic E-state index is 12.9. The number of carboxylic acids is 1. The number of methoxy groups -OCH3 is 2. The van der Waals surface area contributed by atoms with Crippen LogP contribution in [-0.2, 0) is 11.2 Å². The SMILES string of the molecule is COc1ccc(C2c3cccc(Cc4ccccc4)c3C(c3ccc(OC)cc3)C2C(=O)O)cc1. The van der Waals surface area contributed by atoms with Crippen LogP contribution in [0.4, 0.5) is 0 Å². The second kappa shape index (κ2) is 9.67. The summed E-state index contributed by atoms with van der Waals surface area (Å²) in [7, 11) is 3.27. The minimum Gasteiger partial charge on any atom is -0.497 e. The van der Waals surface area contributed by atoms with E-state index in [0.29, 0.717) is 0 Å². The van der Waals surface area contributed by atoms with Crippen LogP contribution in [0, 0.1) is 5.92 Å². The fourth-order valence-corrected chi connectivity index (χ4v) is 5.49. The van der Waals surface area contributed by atoms with Crippen LogP contribution >= 0.6 is 0 Å². The van der Waals surface area contributed by atoms with Crippen LogP contribution in [0.25, 0.3) is 0 Å². The Morgan fingerprint density at radius 3 is 1.83 bits per heavy atom. The molecule has 1 N–H and O–H groups in total. The Labute approximate surface area is 205 Å². The van der Waals surface area contributed by atoms with Crippen LogP contribution in [-0.4, -0.2) is 25.3 Å². The molecule has 35 heavy (non-hydrogen) atoms. The van der Waals surface area contributed by atoms with Gasteiger partial charge in [-0.2, -0.15) is 0 Å². The second-order valence-electron chi connectivity index (χ2n) is 8.95. The Balaban J connectivity index is 1.70. The molecule has 4 aromatic carbocycles. The average molecular weight is 465 g/mol. The molecule has 0 heterocycles. The van der Waals surface area contributed by atoms with E-state index in [2.05, 4.69) is 30.3 Å². The average Bonchev–Trinajstić information content (AvgIpc) is 3.26. The molecule has 4 nitrogen and oxygen atoms in total. The van der Waals surface area contributed by atoms with Crippen LogP contribution in [0.3, 0.4) is 0 Å². The molecule has 176 valence electrons. The summed E-state index contributed by atoms with van der Waals surface area (Å²) >= 11 is 0. The highest BCUT2D eigenvalue weighted by Crippen LogP contribution is 2.54. The fraction of sp³-hybridized carbons (Fsp3) is 0.194. The van der Waals surface area contributed by atoms with E-state index in [4.69, 9.17) is 9.47 Å². The van der Waals surface area contributed by atoms with Gasteiger partial charge in [-0.25, -0.2) is 0 Å². The molecule has 0 spiro atoms. The van der Waals surface area contributed by atoms with Gasteiger partial charge in [0.2, 0.25) is 0 Å². The van der Waals surface area contributed by atoms with Gasteiger partial charge in [-0.1, -0.05) is 72.8 Å². The van der Waals surface area contributed by atoms with Gasteiger partial charge in [0.15, 0.2) is 0 Å². The van der Waals surface area contributed by atoms with Crippen LogP contribution in [0.2, 0.25) is 0 Å². The van der Waals surface area contributed by atoms with Crippen molar-refractivity contribution < 1.29 is 19.4 Å². The first-order chi connectivity index (χ1) is 17.1. The van der Waals surface area contributed by atoms with Crippen molar-refractivity contribution in [1.29, 1.82) is 0 Å². The Morgan fingerprint density at radius 2 is 1.29 bits per heavy atom. The summed E-state index contributed by atoms with van der Waals surface area (Å²) in [6.45, 7) is 0. The van der Waals surface area contributed by atoms with Crippen molar-refractivity contribution in [3.8, 4) is 11.5 Å². The quantitative estimate of drug-likeness (QED) is 0.350. The van der Waals surface area contributed by atoms with Crippen molar-refractivity contribution in [3.05, 3.63) is 130 Å². The van der Waals surface area contributed by atoms with Gasteiger partial charge >= 0.3 is 5.97 Å². The third-order valence-corrected chi connectivity index (χ3v) is 7.07. The largest absolute Gasteiger partial charge is 0.497 e. The van der Waals surface area contributed by atoms with Crippen molar-refractivity contribution in [3.63, 3.8) is 0 Å². The zero-order valence-corrected chi connectivity index (χ0v) is 19.8. The van der Waals surface area contributed by atoms with Gasteiger partial charge in [-0.05, 0) is 64.1 Å². The lowest BCUT2D eigenvalue weighted by molar-refractivity contribution is -0.142. The smallest absolute Gasteiger partial charge is 0.308 e. The van der Waals surface area contributed by atoms with E-state index in [9.17, 15) is 9.90 Å². The summed E-state index contributed by atoms with van der Waals surface area (Å²) < 4.78 is 10.7. The highest BCUT2D eigenvalue weighted by molar-refractivity contribution is 5.78. The van der Waals surface area contributed by atoms with Gasteiger partial charge in [0.05, 0.1) is 20.1 Å². The van der Waals surface area contributed by atoms with E-state index >= 15 is 0 Å². The molecule has 4 aromatic rings. The lowest BCUT2D eigenvalue weighted by Gasteiger charge is -2.23. The molecule has 0 radical (unpaired) electrons. The molecule has 0 saturated carbocycles. The summed E-state index contributed by atoms with van der Waals surface area (Å²) in [4.78, 5) is 12.9. The van der Waals surface area contributed by atoms with Crippen molar-refractivity contribution in [2.24, 2.45) is 5.92 Å². The number of hydrogen-bond acceptors (Lipinski definition) is 3. The molecule has 0 saturated heterocycles. The van der Waals surface area contributed by atoms with Crippen molar-refractivity contribution in [2.45, 2.75) is 18.3 Å². The van der Waals surface area contributed by atoms with Crippen molar-refractivity contribution in [1.82, 2.24) is 0 Å². The standard InChI is InChI=1S/C31H28O4/c1-34-24-15-11-21(12-16-24)27-26-10-6-9-23(19-20-7-4-3-5-8-20)28(26)29(30(27)31(32)33)22-13-17-25(35-2)18-14-22/h3-18,27,29-30H,19H2,1-2H3,(H,32,33). The molecule has 0 aliphatic heterocycles. The van der Waals surface area contributed by atoms with E-state index in [0.717, 1.165) is 45.7 Å². The Kier molecular flexibility index (Phi) is 6.28. The first kappa shape index (κ1) is 22.7. The number of benzene rings is 4. The van der Waals surface area contributed by atoms with Gasteiger partial charge in [0, 0.05) is 11.8 Å². The number of carbonyl (C=O) groups is 1. The zero-order valence-electron chi connectivity index (χ0n) is 19.8. The molecular formula is C31H28O4. The highest BCUT2D eigenvalue weighted by atomic mass is 16.5. The molecule has 0 aromatic heterocycles. The zero-order chi connectivity index (χ0) is 24.4.